The molecule has 25 heavy (non-hydrogen) atoms. The first-order valence-corrected chi connectivity index (χ1v) is 9.03. The van der Waals surface area contributed by atoms with Gasteiger partial charge >= 0.3 is 6.09 Å². The number of halogens is 1. The molecule has 0 radical (unpaired) electrons. The summed E-state index contributed by atoms with van der Waals surface area (Å²) in [6.07, 6.45) is 3.57. The molecule has 0 saturated carbocycles. The molecule has 2 aliphatic rings. The van der Waals surface area contributed by atoms with E-state index in [9.17, 15) is 14.0 Å². The summed E-state index contributed by atoms with van der Waals surface area (Å²) in [5.74, 6) is -0.404. The number of carbonyl (C=O) groups is 2. The van der Waals surface area contributed by atoms with Crippen molar-refractivity contribution in [2.24, 2.45) is 5.92 Å². The first kappa shape index (κ1) is 17.9. The van der Waals surface area contributed by atoms with Crippen LogP contribution in [0.25, 0.3) is 0 Å². The fourth-order valence-electron chi connectivity index (χ4n) is 4.13. The third-order valence-electron chi connectivity index (χ3n) is 5.08. The Balaban J connectivity index is 1.63. The van der Waals surface area contributed by atoms with Gasteiger partial charge in [-0.05, 0) is 64.5 Å². The summed E-state index contributed by atoms with van der Waals surface area (Å²) in [4.78, 5) is 26.8. The van der Waals surface area contributed by atoms with Gasteiger partial charge in [0, 0.05) is 18.5 Å². The van der Waals surface area contributed by atoms with E-state index in [1.807, 2.05) is 25.7 Å². The summed E-state index contributed by atoms with van der Waals surface area (Å²) in [5.41, 5.74) is -0.335. The van der Waals surface area contributed by atoms with Gasteiger partial charge in [0.2, 0.25) is 0 Å². The first-order valence-electron chi connectivity index (χ1n) is 9.03. The molecular weight excluding hydrogens is 321 g/mol. The van der Waals surface area contributed by atoms with Crippen LogP contribution in [0.15, 0.2) is 24.3 Å². The Bertz CT molecular complexity index is 653. The second-order valence-electron chi connectivity index (χ2n) is 8.22. The van der Waals surface area contributed by atoms with Gasteiger partial charge in [-0.3, -0.25) is 4.79 Å². The smallest absolute Gasteiger partial charge is 0.410 e. The Morgan fingerprint density at radius 3 is 2.32 bits per heavy atom. The normalized spacial score (nSPS) is 25.8. The summed E-state index contributed by atoms with van der Waals surface area (Å²) in [5, 5.41) is 0. The quantitative estimate of drug-likeness (QED) is 0.752. The van der Waals surface area contributed by atoms with Gasteiger partial charge in [-0.2, -0.15) is 0 Å². The Kier molecular flexibility index (Phi) is 4.85. The summed E-state index contributed by atoms with van der Waals surface area (Å²) in [6.45, 7) is 5.60. The Morgan fingerprint density at radius 1 is 1.16 bits per heavy atom. The standard InChI is InChI=1S/C20H26FNO3/c1-20(2,3)25-19(24)22-14-8-9-15(22)11-13(10-14)12-18(23)16-6-4-5-7-17(16)21/h4-7,13-15H,8-12H2,1-3H3/t13-,14+,15-. The van der Waals surface area contributed by atoms with Crippen molar-refractivity contribution >= 4 is 11.9 Å². The minimum Gasteiger partial charge on any atom is -0.444 e. The van der Waals surface area contributed by atoms with Crippen molar-refractivity contribution in [3.8, 4) is 0 Å². The summed E-state index contributed by atoms with van der Waals surface area (Å²) >= 11 is 0. The van der Waals surface area contributed by atoms with E-state index < -0.39 is 11.4 Å². The highest BCUT2D eigenvalue weighted by Crippen LogP contribution is 2.41. The fraction of sp³-hybridized carbons (Fsp3) is 0.600. The largest absolute Gasteiger partial charge is 0.444 e. The van der Waals surface area contributed by atoms with Crippen LogP contribution in [0, 0.1) is 11.7 Å². The van der Waals surface area contributed by atoms with Crippen molar-refractivity contribution in [1.29, 1.82) is 0 Å². The number of hydrogen-bond donors (Lipinski definition) is 0. The zero-order chi connectivity index (χ0) is 18.2. The minimum atomic E-state index is -0.506. The third-order valence-corrected chi connectivity index (χ3v) is 5.08. The molecule has 1 aromatic carbocycles. The van der Waals surface area contributed by atoms with Crippen molar-refractivity contribution in [3.05, 3.63) is 35.6 Å². The van der Waals surface area contributed by atoms with Crippen molar-refractivity contribution in [1.82, 2.24) is 4.90 Å². The second-order valence-corrected chi connectivity index (χ2v) is 8.22. The zero-order valence-electron chi connectivity index (χ0n) is 15.1. The highest BCUT2D eigenvalue weighted by atomic mass is 19.1. The first-order chi connectivity index (χ1) is 11.7. The molecule has 0 spiro atoms. The number of hydrogen-bond acceptors (Lipinski definition) is 3. The van der Waals surface area contributed by atoms with Gasteiger partial charge in [0.25, 0.3) is 0 Å². The minimum absolute atomic E-state index is 0.132. The zero-order valence-corrected chi connectivity index (χ0v) is 15.1. The van der Waals surface area contributed by atoms with Crippen molar-refractivity contribution in [2.45, 2.75) is 70.6 Å². The molecule has 4 nitrogen and oxygen atoms in total. The van der Waals surface area contributed by atoms with E-state index >= 15 is 0 Å². The number of amides is 1. The van der Waals surface area contributed by atoms with Crippen LogP contribution in [0.3, 0.4) is 0 Å². The SMILES string of the molecule is CC(C)(C)OC(=O)N1[C@@H]2CC[C@H]1C[C@@H](CC(=O)c1ccccc1F)C2. The Morgan fingerprint density at radius 2 is 1.76 bits per heavy atom. The fourth-order valence-corrected chi connectivity index (χ4v) is 4.13. The second kappa shape index (κ2) is 6.77. The molecule has 0 unspecified atom stereocenters. The maximum atomic E-state index is 13.8. The topological polar surface area (TPSA) is 46.6 Å². The molecule has 0 N–H and O–H groups in total. The molecule has 2 aliphatic heterocycles. The molecule has 3 rings (SSSR count). The Hall–Kier alpha value is -1.91. The molecule has 1 aromatic rings. The molecular formula is C20H26FNO3. The number of carbonyl (C=O) groups excluding carboxylic acids is 2. The van der Waals surface area contributed by atoms with Gasteiger partial charge in [0.15, 0.2) is 5.78 Å². The number of Topliss-reactive ketones (excluding diaryl/α,β-unsaturated/α-hetero) is 1. The van der Waals surface area contributed by atoms with Crippen LogP contribution in [0.4, 0.5) is 9.18 Å². The van der Waals surface area contributed by atoms with Crippen LogP contribution < -0.4 is 0 Å². The summed E-state index contributed by atoms with van der Waals surface area (Å²) in [6, 6.07) is 6.40. The molecule has 2 saturated heterocycles. The summed E-state index contributed by atoms with van der Waals surface area (Å²) < 4.78 is 19.3. The van der Waals surface area contributed by atoms with Crippen LogP contribution in [0.1, 0.15) is 63.2 Å². The third kappa shape index (κ3) is 4.02. The predicted octanol–water partition coefficient (Wildman–Crippen LogP) is 4.58. The molecule has 2 bridgehead atoms. The van der Waals surface area contributed by atoms with E-state index in [1.54, 1.807) is 18.2 Å². The molecule has 136 valence electrons. The number of piperidine rings is 1. The van der Waals surface area contributed by atoms with Crippen LogP contribution in [-0.4, -0.2) is 34.5 Å². The highest BCUT2D eigenvalue weighted by molar-refractivity contribution is 5.96. The van der Waals surface area contributed by atoms with Gasteiger partial charge in [0.1, 0.15) is 11.4 Å². The van der Waals surface area contributed by atoms with Gasteiger partial charge in [-0.1, -0.05) is 12.1 Å². The molecule has 5 heteroatoms. The number of fused-ring (bicyclic) bond motifs is 2. The maximum Gasteiger partial charge on any atom is 0.410 e. The number of ketones is 1. The summed E-state index contributed by atoms with van der Waals surface area (Å²) in [7, 11) is 0. The Labute approximate surface area is 148 Å². The van der Waals surface area contributed by atoms with Crippen molar-refractivity contribution in [3.63, 3.8) is 0 Å². The van der Waals surface area contributed by atoms with Crippen LogP contribution in [-0.2, 0) is 4.74 Å². The van der Waals surface area contributed by atoms with Gasteiger partial charge in [-0.15, -0.1) is 0 Å². The van der Waals surface area contributed by atoms with Crippen molar-refractivity contribution < 1.29 is 18.7 Å². The lowest BCUT2D eigenvalue weighted by Gasteiger charge is -2.39. The van der Waals surface area contributed by atoms with Gasteiger partial charge in [-0.25, -0.2) is 9.18 Å². The molecule has 0 aromatic heterocycles. The van der Waals surface area contributed by atoms with Gasteiger partial charge < -0.3 is 9.64 Å². The van der Waals surface area contributed by atoms with Crippen LogP contribution in [0.5, 0.6) is 0 Å². The van der Waals surface area contributed by atoms with Crippen molar-refractivity contribution in [2.75, 3.05) is 0 Å². The molecule has 1 amide bonds. The van der Waals surface area contributed by atoms with E-state index in [-0.39, 0.29) is 35.4 Å². The van der Waals surface area contributed by atoms with E-state index in [2.05, 4.69) is 0 Å². The predicted molar refractivity (Wildman–Crippen MR) is 93.0 cm³/mol. The lowest BCUT2D eigenvalue weighted by molar-refractivity contribution is 0.00203. The number of ether oxygens (including phenoxy) is 1. The van der Waals surface area contributed by atoms with E-state index in [1.165, 1.54) is 6.07 Å². The number of rotatable bonds is 3. The monoisotopic (exact) mass is 347 g/mol. The maximum absolute atomic E-state index is 13.8. The van der Waals surface area contributed by atoms with Crippen LogP contribution in [0.2, 0.25) is 0 Å². The lowest BCUT2D eigenvalue weighted by Crippen LogP contribution is -2.48. The number of nitrogens with zero attached hydrogens (tertiary/aromatic N) is 1. The molecule has 0 aliphatic carbocycles. The van der Waals surface area contributed by atoms with E-state index in [0.717, 1.165) is 25.7 Å². The molecule has 2 fully saturated rings. The van der Waals surface area contributed by atoms with E-state index in [4.69, 9.17) is 4.74 Å². The highest BCUT2D eigenvalue weighted by Gasteiger charge is 2.45. The van der Waals surface area contributed by atoms with Crippen LogP contribution >= 0.6 is 0 Å². The van der Waals surface area contributed by atoms with Gasteiger partial charge in [0.05, 0.1) is 5.56 Å². The average Bonchev–Trinajstić information content (AvgIpc) is 2.77. The number of benzene rings is 1. The molecule has 2 heterocycles. The lowest BCUT2D eigenvalue weighted by atomic mass is 9.85. The average molecular weight is 347 g/mol. The van der Waals surface area contributed by atoms with E-state index in [0.29, 0.717) is 6.42 Å². The molecule has 3 atom stereocenters.